The zero-order valence-corrected chi connectivity index (χ0v) is 13.3. The van der Waals surface area contributed by atoms with Crippen molar-refractivity contribution in [2.75, 3.05) is 5.32 Å². The Morgan fingerprint density at radius 3 is 2.62 bits per heavy atom. The van der Waals surface area contributed by atoms with Crippen LogP contribution >= 0.6 is 11.6 Å². The molecule has 7 nitrogen and oxygen atoms in total. The Labute approximate surface area is 142 Å². The number of hydrazone groups is 1. The van der Waals surface area contributed by atoms with Crippen molar-refractivity contribution in [3.63, 3.8) is 0 Å². The third kappa shape index (κ3) is 4.23. The van der Waals surface area contributed by atoms with Crippen LogP contribution in [0.4, 0.5) is 5.69 Å². The van der Waals surface area contributed by atoms with E-state index in [2.05, 4.69) is 10.4 Å². The highest BCUT2D eigenvalue weighted by atomic mass is 35.5. The van der Waals surface area contributed by atoms with Gasteiger partial charge in [0.15, 0.2) is 0 Å². The molecule has 0 aromatic heterocycles. The van der Waals surface area contributed by atoms with Gasteiger partial charge in [-0.15, -0.1) is 0 Å². The fourth-order valence-corrected chi connectivity index (χ4v) is 1.95. The lowest BCUT2D eigenvalue weighted by molar-refractivity contribution is -0.136. The Morgan fingerprint density at radius 1 is 1.17 bits per heavy atom. The number of amides is 2. The number of benzene rings is 2. The Hall–Kier alpha value is -3.06. The molecule has 0 unspecified atom stereocenters. The van der Waals surface area contributed by atoms with Crippen molar-refractivity contribution in [1.29, 1.82) is 0 Å². The summed E-state index contributed by atoms with van der Waals surface area (Å²) in [7, 11) is 0. The molecule has 0 fully saturated rings. The summed E-state index contributed by atoms with van der Waals surface area (Å²) < 4.78 is 0. The first kappa shape index (κ1) is 17.3. The number of halogens is 1. The average Bonchev–Trinajstić information content (AvgIpc) is 2.53. The van der Waals surface area contributed by atoms with Gasteiger partial charge in [-0.25, -0.2) is 5.43 Å². The second-order valence-corrected chi connectivity index (χ2v) is 5.22. The third-order valence-corrected chi connectivity index (χ3v) is 3.52. The minimum Gasteiger partial charge on any atom is -0.508 e. The molecule has 0 spiro atoms. The average molecular weight is 348 g/mol. The molecule has 0 aliphatic carbocycles. The maximum atomic E-state index is 11.8. The maximum Gasteiger partial charge on any atom is 0.329 e. The molecule has 124 valence electrons. The van der Waals surface area contributed by atoms with Gasteiger partial charge in [-0.1, -0.05) is 17.7 Å². The molecule has 2 rings (SSSR count). The van der Waals surface area contributed by atoms with Crippen molar-refractivity contribution >= 4 is 35.3 Å². The second-order valence-electron chi connectivity index (χ2n) is 4.81. The van der Waals surface area contributed by atoms with Gasteiger partial charge in [-0.2, -0.15) is 5.10 Å². The molecule has 0 saturated heterocycles. The standard InChI is InChI=1S/C16H14ClN3O4/c1-9-12(17)3-2-4-13(9)19-15(23)16(24)20-18-8-10-5-6-11(21)7-14(10)22/h2-8,21-22H,1H3,(H,19,23)(H,20,24)/b18-8-. The topological polar surface area (TPSA) is 111 Å². The summed E-state index contributed by atoms with van der Waals surface area (Å²) in [5, 5.41) is 25.2. The molecule has 0 saturated carbocycles. The van der Waals surface area contributed by atoms with Crippen molar-refractivity contribution in [2.45, 2.75) is 6.92 Å². The molecular formula is C16H14ClN3O4. The fourth-order valence-electron chi connectivity index (χ4n) is 1.77. The number of carbonyl (C=O) groups is 2. The summed E-state index contributed by atoms with van der Waals surface area (Å²) in [5.41, 5.74) is 3.36. The summed E-state index contributed by atoms with van der Waals surface area (Å²) in [6.07, 6.45) is 1.14. The summed E-state index contributed by atoms with van der Waals surface area (Å²) in [6.45, 7) is 1.71. The van der Waals surface area contributed by atoms with E-state index in [1.165, 1.54) is 12.1 Å². The van der Waals surface area contributed by atoms with Gasteiger partial charge in [-0.3, -0.25) is 9.59 Å². The van der Waals surface area contributed by atoms with Crippen LogP contribution in [0.25, 0.3) is 0 Å². The highest BCUT2D eigenvalue weighted by molar-refractivity contribution is 6.40. The van der Waals surface area contributed by atoms with Gasteiger partial charge in [0.05, 0.1) is 6.21 Å². The first-order chi connectivity index (χ1) is 11.4. The lowest BCUT2D eigenvalue weighted by Gasteiger charge is -2.08. The summed E-state index contributed by atoms with van der Waals surface area (Å²) in [6, 6.07) is 8.80. The van der Waals surface area contributed by atoms with E-state index in [9.17, 15) is 14.7 Å². The number of phenolic OH excluding ortho intramolecular Hbond substituents is 2. The molecule has 2 aromatic rings. The lowest BCUT2D eigenvalue weighted by atomic mass is 10.2. The highest BCUT2D eigenvalue weighted by Gasteiger charge is 2.14. The molecule has 0 aliphatic rings. The van der Waals surface area contributed by atoms with E-state index in [1.807, 2.05) is 5.43 Å². The predicted molar refractivity (Wildman–Crippen MR) is 90.3 cm³/mol. The molecule has 24 heavy (non-hydrogen) atoms. The van der Waals surface area contributed by atoms with E-state index in [4.69, 9.17) is 16.7 Å². The zero-order valence-electron chi connectivity index (χ0n) is 12.6. The van der Waals surface area contributed by atoms with Crippen LogP contribution in [-0.4, -0.2) is 28.2 Å². The van der Waals surface area contributed by atoms with Crippen LogP contribution in [0.1, 0.15) is 11.1 Å². The van der Waals surface area contributed by atoms with E-state index < -0.39 is 11.8 Å². The lowest BCUT2D eigenvalue weighted by Crippen LogP contribution is -2.32. The van der Waals surface area contributed by atoms with Crippen LogP contribution in [-0.2, 0) is 9.59 Å². The molecule has 2 amide bonds. The molecule has 0 atom stereocenters. The first-order valence-corrected chi connectivity index (χ1v) is 7.17. The molecule has 0 bridgehead atoms. The van der Waals surface area contributed by atoms with Gasteiger partial charge in [0.1, 0.15) is 11.5 Å². The second kappa shape index (κ2) is 7.47. The maximum absolute atomic E-state index is 11.8. The summed E-state index contributed by atoms with van der Waals surface area (Å²) in [4.78, 5) is 23.5. The van der Waals surface area contributed by atoms with Crippen molar-refractivity contribution in [3.8, 4) is 11.5 Å². The number of carbonyl (C=O) groups excluding carboxylic acids is 2. The quantitative estimate of drug-likeness (QED) is 0.387. The number of hydrogen-bond acceptors (Lipinski definition) is 5. The number of hydrogen-bond donors (Lipinski definition) is 4. The van der Waals surface area contributed by atoms with Crippen LogP contribution in [0.5, 0.6) is 11.5 Å². The van der Waals surface area contributed by atoms with Crippen LogP contribution in [0, 0.1) is 6.92 Å². The van der Waals surface area contributed by atoms with E-state index >= 15 is 0 Å². The van der Waals surface area contributed by atoms with Crippen molar-refractivity contribution in [3.05, 3.63) is 52.5 Å². The zero-order chi connectivity index (χ0) is 17.7. The minimum atomic E-state index is -0.983. The fraction of sp³-hybridized carbons (Fsp3) is 0.0625. The van der Waals surface area contributed by atoms with E-state index in [-0.39, 0.29) is 17.1 Å². The molecular weight excluding hydrogens is 334 g/mol. The summed E-state index contributed by atoms with van der Waals surface area (Å²) in [5.74, 6) is -2.21. The van der Waals surface area contributed by atoms with E-state index in [0.29, 0.717) is 16.3 Å². The summed E-state index contributed by atoms with van der Waals surface area (Å²) >= 11 is 5.94. The number of nitrogens with zero attached hydrogens (tertiary/aromatic N) is 1. The number of phenols is 2. The SMILES string of the molecule is Cc1c(Cl)cccc1NC(=O)C(=O)N/N=C\c1ccc(O)cc1O. The number of rotatable bonds is 3. The van der Waals surface area contributed by atoms with Gasteiger partial charge < -0.3 is 15.5 Å². The number of aromatic hydroxyl groups is 2. The number of anilines is 1. The molecule has 0 aliphatic heterocycles. The predicted octanol–water partition coefficient (Wildman–Crippen LogP) is 2.15. The third-order valence-electron chi connectivity index (χ3n) is 3.11. The van der Waals surface area contributed by atoms with Crippen LogP contribution in [0.2, 0.25) is 5.02 Å². The Balaban J connectivity index is 1.98. The minimum absolute atomic E-state index is 0.107. The molecule has 0 heterocycles. The van der Waals surface area contributed by atoms with Crippen molar-refractivity contribution < 1.29 is 19.8 Å². The van der Waals surface area contributed by atoms with Gasteiger partial charge in [0.2, 0.25) is 0 Å². The molecule has 2 aromatic carbocycles. The Morgan fingerprint density at radius 2 is 1.92 bits per heavy atom. The van der Waals surface area contributed by atoms with E-state index in [0.717, 1.165) is 12.3 Å². The first-order valence-electron chi connectivity index (χ1n) is 6.80. The molecule has 4 N–H and O–H groups in total. The van der Waals surface area contributed by atoms with Crippen molar-refractivity contribution in [2.24, 2.45) is 5.10 Å². The molecule has 8 heteroatoms. The Kier molecular flexibility index (Phi) is 5.39. The normalized spacial score (nSPS) is 10.6. The molecule has 0 radical (unpaired) electrons. The van der Waals surface area contributed by atoms with Crippen molar-refractivity contribution in [1.82, 2.24) is 5.43 Å². The number of nitrogens with one attached hydrogen (secondary N) is 2. The largest absolute Gasteiger partial charge is 0.508 e. The monoisotopic (exact) mass is 347 g/mol. The van der Waals surface area contributed by atoms with Gasteiger partial charge in [0.25, 0.3) is 0 Å². The Bertz CT molecular complexity index is 821. The van der Waals surface area contributed by atoms with Crippen LogP contribution in [0.3, 0.4) is 0 Å². The van der Waals surface area contributed by atoms with Gasteiger partial charge in [0, 0.05) is 22.3 Å². The van der Waals surface area contributed by atoms with Gasteiger partial charge >= 0.3 is 11.8 Å². The smallest absolute Gasteiger partial charge is 0.329 e. The van der Waals surface area contributed by atoms with Crippen LogP contribution in [0.15, 0.2) is 41.5 Å². The van der Waals surface area contributed by atoms with E-state index in [1.54, 1.807) is 25.1 Å². The highest BCUT2D eigenvalue weighted by Crippen LogP contribution is 2.23. The van der Waals surface area contributed by atoms with Gasteiger partial charge in [-0.05, 0) is 36.8 Å². The van der Waals surface area contributed by atoms with Crippen LogP contribution < -0.4 is 10.7 Å².